The standard InChI is InChI=1S/C22H22F2N4O4/c1-12(29)16-4-2-3-13-9-27(10-17(13)16)19(30)6-14-5-18(26-20(14)31)21(32)28-11-22(23,24)7-15(28)8-25/h2-4,14-15,18H,5-7,9-11H2,1H3,(H,26,31)/t14-,15-,18-/m0/s1. The molecule has 1 aromatic carbocycles. The molecule has 10 heteroatoms. The summed E-state index contributed by atoms with van der Waals surface area (Å²) in [6.07, 6.45) is -0.852. The Bertz CT molecular complexity index is 1050. The molecule has 4 rings (SSSR count). The summed E-state index contributed by atoms with van der Waals surface area (Å²) in [5, 5.41) is 11.6. The maximum atomic E-state index is 13.7. The lowest BCUT2D eigenvalue weighted by molar-refractivity contribution is -0.135. The van der Waals surface area contributed by atoms with E-state index in [1.54, 1.807) is 23.1 Å². The second-order valence-corrected chi connectivity index (χ2v) is 8.62. The van der Waals surface area contributed by atoms with Crippen LogP contribution in [-0.2, 0) is 27.5 Å². The van der Waals surface area contributed by atoms with E-state index in [4.69, 9.17) is 5.26 Å². The van der Waals surface area contributed by atoms with Gasteiger partial charge in [0.05, 0.1) is 12.6 Å². The van der Waals surface area contributed by atoms with Crippen molar-refractivity contribution >= 4 is 23.5 Å². The van der Waals surface area contributed by atoms with Crippen LogP contribution in [0.25, 0.3) is 0 Å². The molecule has 0 unspecified atom stereocenters. The number of ketones is 1. The van der Waals surface area contributed by atoms with Gasteiger partial charge in [-0.3, -0.25) is 19.2 Å². The van der Waals surface area contributed by atoms with Crippen LogP contribution in [0.1, 0.15) is 47.7 Å². The summed E-state index contributed by atoms with van der Waals surface area (Å²) in [6.45, 7) is 1.21. The fraction of sp³-hybridized carbons (Fsp3) is 0.500. The molecular formula is C22H22F2N4O4. The van der Waals surface area contributed by atoms with Crippen LogP contribution in [0, 0.1) is 17.2 Å². The van der Waals surface area contributed by atoms with Gasteiger partial charge in [0.25, 0.3) is 5.92 Å². The molecule has 32 heavy (non-hydrogen) atoms. The number of alkyl halides is 2. The summed E-state index contributed by atoms with van der Waals surface area (Å²) in [4.78, 5) is 52.1. The number of fused-ring (bicyclic) bond motifs is 1. The van der Waals surface area contributed by atoms with Crippen molar-refractivity contribution in [2.45, 2.75) is 57.3 Å². The minimum atomic E-state index is -3.14. The van der Waals surface area contributed by atoms with Crippen molar-refractivity contribution in [2.24, 2.45) is 5.92 Å². The van der Waals surface area contributed by atoms with Gasteiger partial charge in [-0.2, -0.15) is 5.26 Å². The Balaban J connectivity index is 1.39. The van der Waals surface area contributed by atoms with Crippen molar-refractivity contribution in [2.75, 3.05) is 6.54 Å². The van der Waals surface area contributed by atoms with E-state index >= 15 is 0 Å². The third-order valence-electron chi connectivity index (χ3n) is 6.34. The van der Waals surface area contributed by atoms with Gasteiger partial charge in [-0.05, 0) is 24.5 Å². The van der Waals surface area contributed by atoms with Crippen LogP contribution in [0.3, 0.4) is 0 Å². The van der Waals surface area contributed by atoms with Gasteiger partial charge in [0.2, 0.25) is 17.7 Å². The highest BCUT2D eigenvalue weighted by Gasteiger charge is 2.50. The van der Waals surface area contributed by atoms with Crippen LogP contribution in [0.2, 0.25) is 0 Å². The first kappa shape index (κ1) is 21.9. The monoisotopic (exact) mass is 444 g/mol. The topological polar surface area (TPSA) is 111 Å². The summed E-state index contributed by atoms with van der Waals surface area (Å²) < 4.78 is 27.3. The van der Waals surface area contributed by atoms with Gasteiger partial charge < -0.3 is 15.1 Å². The summed E-state index contributed by atoms with van der Waals surface area (Å²) in [5.74, 6) is -5.50. The number of hydrogen-bond donors (Lipinski definition) is 1. The third kappa shape index (κ3) is 3.95. The van der Waals surface area contributed by atoms with Crippen LogP contribution in [0.4, 0.5) is 8.78 Å². The molecule has 3 amide bonds. The van der Waals surface area contributed by atoms with E-state index in [0.29, 0.717) is 12.1 Å². The molecule has 3 atom stereocenters. The molecule has 8 nitrogen and oxygen atoms in total. The summed E-state index contributed by atoms with van der Waals surface area (Å²) in [5.41, 5.74) is 2.25. The van der Waals surface area contributed by atoms with E-state index < -0.39 is 48.7 Å². The van der Waals surface area contributed by atoms with Gasteiger partial charge in [-0.15, -0.1) is 0 Å². The zero-order valence-corrected chi connectivity index (χ0v) is 17.4. The molecule has 168 valence electrons. The molecule has 0 aromatic heterocycles. The number of likely N-dealkylation sites (tertiary alicyclic amines) is 1. The van der Waals surface area contributed by atoms with Crippen LogP contribution in [0.5, 0.6) is 0 Å². The summed E-state index contributed by atoms with van der Waals surface area (Å²) in [7, 11) is 0. The minimum Gasteiger partial charge on any atom is -0.344 e. The molecule has 0 bridgehead atoms. The SMILES string of the molecule is CC(=O)c1cccc2c1CN(C(=O)C[C@@H]1C[C@@H](C(=O)N3CC(F)(F)C[C@H]3C#N)NC1=O)C2. The zero-order chi connectivity index (χ0) is 23.2. The molecule has 0 aliphatic carbocycles. The van der Waals surface area contributed by atoms with E-state index in [2.05, 4.69) is 5.32 Å². The van der Waals surface area contributed by atoms with Crippen LogP contribution in [0.15, 0.2) is 18.2 Å². The quantitative estimate of drug-likeness (QED) is 0.706. The molecule has 2 saturated heterocycles. The number of nitriles is 1. The number of benzene rings is 1. The molecule has 3 heterocycles. The maximum Gasteiger partial charge on any atom is 0.268 e. The maximum absolute atomic E-state index is 13.7. The lowest BCUT2D eigenvalue weighted by Crippen LogP contribution is -2.46. The number of Topliss-reactive ketones (excluding diaryl/α,β-unsaturated/α-hetero) is 1. The number of halogens is 2. The van der Waals surface area contributed by atoms with Gasteiger partial charge in [-0.1, -0.05) is 18.2 Å². The molecule has 0 spiro atoms. The zero-order valence-electron chi connectivity index (χ0n) is 17.4. The van der Waals surface area contributed by atoms with E-state index in [1.165, 1.54) is 6.92 Å². The Morgan fingerprint density at radius 1 is 1.28 bits per heavy atom. The molecule has 1 aromatic rings. The molecule has 1 N–H and O–H groups in total. The Kier molecular flexibility index (Phi) is 5.44. The first-order chi connectivity index (χ1) is 15.1. The van der Waals surface area contributed by atoms with Crippen molar-refractivity contribution in [3.8, 4) is 6.07 Å². The second-order valence-electron chi connectivity index (χ2n) is 8.62. The highest BCUT2D eigenvalue weighted by molar-refractivity contribution is 5.97. The average Bonchev–Trinajstić information content (AvgIpc) is 3.41. The highest BCUT2D eigenvalue weighted by atomic mass is 19.3. The Hall–Kier alpha value is -3.35. The first-order valence-electron chi connectivity index (χ1n) is 10.4. The smallest absolute Gasteiger partial charge is 0.268 e. The van der Waals surface area contributed by atoms with Crippen LogP contribution < -0.4 is 5.32 Å². The van der Waals surface area contributed by atoms with Gasteiger partial charge in [0.15, 0.2) is 5.78 Å². The molecule has 3 aliphatic rings. The van der Waals surface area contributed by atoms with Crippen LogP contribution >= 0.6 is 0 Å². The Labute approximate surface area is 183 Å². The number of rotatable bonds is 4. The Morgan fingerprint density at radius 2 is 2.03 bits per heavy atom. The first-order valence-corrected chi connectivity index (χ1v) is 10.4. The number of carbonyl (C=O) groups excluding carboxylic acids is 4. The van der Waals surface area contributed by atoms with Gasteiger partial charge in [-0.25, -0.2) is 8.78 Å². The molecular weight excluding hydrogens is 422 g/mol. The predicted molar refractivity (Wildman–Crippen MR) is 106 cm³/mol. The predicted octanol–water partition coefficient (Wildman–Crippen LogP) is 1.39. The number of nitrogens with zero attached hydrogens (tertiary/aromatic N) is 3. The summed E-state index contributed by atoms with van der Waals surface area (Å²) >= 11 is 0. The number of hydrogen-bond acceptors (Lipinski definition) is 5. The minimum absolute atomic E-state index is 0.00309. The van der Waals surface area contributed by atoms with Gasteiger partial charge in [0, 0.05) is 37.4 Å². The highest BCUT2D eigenvalue weighted by Crippen LogP contribution is 2.34. The number of amides is 3. The van der Waals surface area contributed by atoms with Crippen molar-refractivity contribution in [3.05, 3.63) is 34.9 Å². The largest absolute Gasteiger partial charge is 0.344 e. The molecule has 0 radical (unpaired) electrons. The number of nitrogens with one attached hydrogen (secondary N) is 1. The third-order valence-corrected chi connectivity index (χ3v) is 6.34. The van der Waals surface area contributed by atoms with Gasteiger partial charge >= 0.3 is 0 Å². The van der Waals surface area contributed by atoms with E-state index in [1.807, 2.05) is 6.07 Å². The fourth-order valence-corrected chi connectivity index (χ4v) is 4.71. The lowest BCUT2D eigenvalue weighted by atomic mass is 9.99. The normalized spacial score (nSPS) is 25.9. The molecule has 2 fully saturated rings. The van der Waals surface area contributed by atoms with Crippen LogP contribution in [-0.4, -0.2) is 57.9 Å². The van der Waals surface area contributed by atoms with Gasteiger partial charge in [0.1, 0.15) is 12.1 Å². The Morgan fingerprint density at radius 3 is 2.72 bits per heavy atom. The molecule has 3 aliphatic heterocycles. The van der Waals surface area contributed by atoms with E-state index in [-0.39, 0.29) is 31.1 Å². The van der Waals surface area contributed by atoms with Crippen molar-refractivity contribution in [1.82, 2.24) is 15.1 Å². The van der Waals surface area contributed by atoms with E-state index in [9.17, 15) is 28.0 Å². The van der Waals surface area contributed by atoms with E-state index in [0.717, 1.165) is 16.0 Å². The second kappa shape index (κ2) is 7.97. The van der Waals surface area contributed by atoms with Crippen molar-refractivity contribution in [3.63, 3.8) is 0 Å². The van der Waals surface area contributed by atoms with Crippen molar-refractivity contribution in [1.29, 1.82) is 5.26 Å². The van der Waals surface area contributed by atoms with Crippen molar-refractivity contribution < 1.29 is 28.0 Å². The fourth-order valence-electron chi connectivity index (χ4n) is 4.71. The number of carbonyl (C=O) groups is 4. The molecule has 0 saturated carbocycles. The lowest BCUT2D eigenvalue weighted by Gasteiger charge is -2.22. The average molecular weight is 444 g/mol. The summed E-state index contributed by atoms with van der Waals surface area (Å²) in [6, 6.07) is 4.77.